The summed E-state index contributed by atoms with van der Waals surface area (Å²) in [4.78, 5) is 20.0. The Bertz CT molecular complexity index is 1360. The largest absolute Gasteiger partial charge is 0.376 e. The van der Waals surface area contributed by atoms with E-state index >= 15 is 0 Å². The summed E-state index contributed by atoms with van der Waals surface area (Å²) in [5, 5.41) is 16.0. The van der Waals surface area contributed by atoms with Crippen LogP contribution in [0.2, 0.25) is 0 Å². The summed E-state index contributed by atoms with van der Waals surface area (Å²) >= 11 is 1.73. The van der Waals surface area contributed by atoms with Gasteiger partial charge >= 0.3 is 0 Å². The van der Waals surface area contributed by atoms with Gasteiger partial charge in [0, 0.05) is 30.1 Å². The first-order valence-electron chi connectivity index (χ1n) is 12.8. The van der Waals surface area contributed by atoms with Crippen molar-refractivity contribution in [1.29, 1.82) is 0 Å². The SMILES string of the molecule is CCCC(c1nnnn1CC1CCCO1)N(Cc1cccs1)Cc1cc2ccc(C)c(C)c2[nH]c1=O. The summed E-state index contributed by atoms with van der Waals surface area (Å²) in [6.45, 7) is 8.99. The second-order valence-corrected chi connectivity index (χ2v) is 10.8. The lowest BCUT2D eigenvalue weighted by Gasteiger charge is -2.30. The van der Waals surface area contributed by atoms with Crippen LogP contribution in [0.15, 0.2) is 40.5 Å². The molecule has 5 rings (SSSR count). The molecule has 1 aromatic carbocycles. The van der Waals surface area contributed by atoms with Gasteiger partial charge < -0.3 is 9.72 Å². The Morgan fingerprint density at radius 3 is 2.92 bits per heavy atom. The van der Waals surface area contributed by atoms with E-state index in [2.05, 4.69) is 75.8 Å². The van der Waals surface area contributed by atoms with E-state index in [4.69, 9.17) is 4.74 Å². The average Bonchev–Trinajstić information content (AvgIpc) is 3.65. The van der Waals surface area contributed by atoms with Crippen molar-refractivity contribution in [3.8, 4) is 0 Å². The summed E-state index contributed by atoms with van der Waals surface area (Å²) < 4.78 is 7.77. The summed E-state index contributed by atoms with van der Waals surface area (Å²) in [7, 11) is 0. The standard InChI is InChI=1S/C27H34N6O2S/c1-4-7-24(26-29-30-31-33(26)16-22-8-5-12-35-22)32(17-23-9-6-13-36-23)15-21-14-20-11-10-18(2)19(3)25(20)28-27(21)34/h6,9-11,13-14,22,24H,4-5,7-8,12,15-17H2,1-3H3,(H,28,34). The van der Waals surface area contributed by atoms with Crippen LogP contribution in [0.5, 0.6) is 0 Å². The predicted octanol–water partition coefficient (Wildman–Crippen LogP) is 4.92. The first-order chi connectivity index (χ1) is 17.5. The first kappa shape index (κ1) is 24.8. The van der Waals surface area contributed by atoms with Gasteiger partial charge in [-0.25, -0.2) is 4.68 Å². The molecule has 1 saturated heterocycles. The molecule has 3 aromatic heterocycles. The van der Waals surface area contributed by atoms with Crippen LogP contribution in [0.4, 0.5) is 0 Å². The molecule has 0 saturated carbocycles. The number of pyridine rings is 1. The van der Waals surface area contributed by atoms with Crippen molar-refractivity contribution >= 4 is 22.2 Å². The average molecular weight is 507 g/mol. The van der Waals surface area contributed by atoms with Crippen molar-refractivity contribution in [2.75, 3.05) is 6.61 Å². The number of hydrogen-bond donors (Lipinski definition) is 1. The number of thiophene rings is 1. The Balaban J connectivity index is 1.51. The monoisotopic (exact) mass is 506 g/mol. The molecule has 2 unspecified atom stereocenters. The van der Waals surface area contributed by atoms with Gasteiger partial charge in [0.15, 0.2) is 5.82 Å². The highest BCUT2D eigenvalue weighted by molar-refractivity contribution is 7.09. The third-order valence-corrected chi connectivity index (χ3v) is 8.06. The summed E-state index contributed by atoms with van der Waals surface area (Å²) in [5.74, 6) is 0.840. The third-order valence-electron chi connectivity index (χ3n) is 7.20. The number of fused-ring (bicyclic) bond motifs is 1. The van der Waals surface area contributed by atoms with E-state index in [1.807, 2.05) is 10.7 Å². The molecule has 190 valence electrons. The first-order valence-corrected chi connectivity index (χ1v) is 13.7. The zero-order valence-electron chi connectivity index (χ0n) is 21.2. The second kappa shape index (κ2) is 11.0. The minimum atomic E-state index is -0.0402. The van der Waals surface area contributed by atoms with Crippen molar-refractivity contribution in [2.45, 2.75) is 78.2 Å². The van der Waals surface area contributed by atoms with E-state index in [0.717, 1.165) is 66.7 Å². The van der Waals surface area contributed by atoms with Crippen LogP contribution in [0.1, 0.15) is 66.0 Å². The van der Waals surface area contributed by atoms with Gasteiger partial charge in [-0.05, 0) is 77.6 Å². The molecule has 1 aliphatic heterocycles. The molecule has 1 aliphatic rings. The maximum atomic E-state index is 13.3. The normalized spacial score (nSPS) is 16.8. The number of hydrogen-bond acceptors (Lipinski definition) is 7. The Kier molecular flexibility index (Phi) is 7.59. The molecule has 0 radical (unpaired) electrons. The number of aromatic amines is 1. The van der Waals surface area contributed by atoms with Crippen LogP contribution >= 0.6 is 11.3 Å². The molecule has 1 N–H and O–H groups in total. The van der Waals surface area contributed by atoms with Gasteiger partial charge in [-0.2, -0.15) is 0 Å². The Morgan fingerprint density at radius 1 is 1.28 bits per heavy atom. The Labute approximate surface area is 215 Å². The molecular weight excluding hydrogens is 472 g/mol. The zero-order chi connectivity index (χ0) is 25.1. The fourth-order valence-corrected chi connectivity index (χ4v) is 5.82. The molecule has 4 aromatic rings. The minimum absolute atomic E-state index is 0.0247. The van der Waals surface area contributed by atoms with E-state index in [0.29, 0.717) is 13.1 Å². The van der Waals surface area contributed by atoms with Crippen LogP contribution in [0.3, 0.4) is 0 Å². The van der Waals surface area contributed by atoms with Gasteiger partial charge in [-0.1, -0.05) is 31.5 Å². The lowest BCUT2D eigenvalue weighted by atomic mass is 10.0. The van der Waals surface area contributed by atoms with Gasteiger partial charge in [-0.3, -0.25) is 9.69 Å². The second-order valence-electron chi connectivity index (χ2n) is 9.74. The van der Waals surface area contributed by atoms with Crippen molar-refractivity contribution in [2.24, 2.45) is 0 Å². The summed E-state index contributed by atoms with van der Waals surface area (Å²) in [6, 6.07) is 10.4. The van der Waals surface area contributed by atoms with E-state index in [-0.39, 0.29) is 17.7 Å². The maximum Gasteiger partial charge on any atom is 0.252 e. The van der Waals surface area contributed by atoms with Crippen molar-refractivity contribution in [1.82, 2.24) is 30.1 Å². The molecule has 0 amide bonds. The van der Waals surface area contributed by atoms with Crippen molar-refractivity contribution < 1.29 is 4.74 Å². The number of H-pyrrole nitrogens is 1. The summed E-state index contributed by atoms with van der Waals surface area (Å²) in [5.41, 5.74) is 3.91. The molecule has 0 bridgehead atoms. The van der Waals surface area contributed by atoms with Crippen LogP contribution in [-0.2, 0) is 24.4 Å². The van der Waals surface area contributed by atoms with Crippen LogP contribution in [0.25, 0.3) is 10.9 Å². The number of nitrogens with one attached hydrogen (secondary N) is 1. The Morgan fingerprint density at radius 2 is 2.17 bits per heavy atom. The summed E-state index contributed by atoms with van der Waals surface area (Å²) in [6.07, 6.45) is 4.12. The van der Waals surface area contributed by atoms with E-state index < -0.39 is 0 Å². The van der Waals surface area contributed by atoms with Gasteiger partial charge in [-0.15, -0.1) is 16.4 Å². The minimum Gasteiger partial charge on any atom is -0.376 e. The molecule has 2 atom stereocenters. The number of benzene rings is 1. The number of ether oxygens (including phenoxy) is 1. The van der Waals surface area contributed by atoms with Gasteiger partial charge in [0.25, 0.3) is 5.56 Å². The highest BCUT2D eigenvalue weighted by Crippen LogP contribution is 2.30. The van der Waals surface area contributed by atoms with Gasteiger partial charge in [0.2, 0.25) is 0 Å². The van der Waals surface area contributed by atoms with E-state index in [9.17, 15) is 4.79 Å². The number of rotatable bonds is 10. The molecule has 0 aliphatic carbocycles. The number of nitrogens with zero attached hydrogens (tertiary/aromatic N) is 5. The lowest BCUT2D eigenvalue weighted by Crippen LogP contribution is -2.33. The fraction of sp³-hybridized carbons (Fsp3) is 0.481. The molecule has 9 heteroatoms. The molecule has 8 nitrogen and oxygen atoms in total. The van der Waals surface area contributed by atoms with Crippen molar-refractivity contribution in [3.05, 3.63) is 73.5 Å². The number of aromatic nitrogens is 5. The molecule has 4 heterocycles. The van der Waals surface area contributed by atoms with Crippen LogP contribution in [0, 0.1) is 13.8 Å². The molecule has 0 spiro atoms. The number of aryl methyl sites for hydroxylation is 2. The van der Waals surface area contributed by atoms with Crippen LogP contribution in [-0.4, -0.2) is 42.8 Å². The van der Waals surface area contributed by atoms with Gasteiger partial charge in [0.05, 0.1) is 24.2 Å². The fourth-order valence-electron chi connectivity index (χ4n) is 5.10. The van der Waals surface area contributed by atoms with Crippen molar-refractivity contribution in [3.63, 3.8) is 0 Å². The topological polar surface area (TPSA) is 88.9 Å². The lowest BCUT2D eigenvalue weighted by molar-refractivity contribution is 0.0885. The number of tetrazole rings is 1. The van der Waals surface area contributed by atoms with E-state index in [1.165, 1.54) is 10.4 Å². The molecule has 36 heavy (non-hydrogen) atoms. The van der Waals surface area contributed by atoms with Crippen LogP contribution < -0.4 is 5.56 Å². The highest BCUT2D eigenvalue weighted by Gasteiger charge is 2.28. The van der Waals surface area contributed by atoms with E-state index in [1.54, 1.807) is 11.3 Å². The third kappa shape index (κ3) is 5.28. The van der Waals surface area contributed by atoms with Gasteiger partial charge in [0.1, 0.15) is 0 Å². The quantitative estimate of drug-likeness (QED) is 0.329. The smallest absolute Gasteiger partial charge is 0.252 e. The maximum absolute atomic E-state index is 13.3. The molecular formula is C27H34N6O2S. The zero-order valence-corrected chi connectivity index (χ0v) is 22.1. The highest BCUT2D eigenvalue weighted by atomic mass is 32.1. The predicted molar refractivity (Wildman–Crippen MR) is 142 cm³/mol. The molecule has 1 fully saturated rings. The Hall–Kier alpha value is -2.88.